The molecule has 0 saturated carbocycles. The summed E-state index contributed by atoms with van der Waals surface area (Å²) in [6, 6.07) is 4.17. The Morgan fingerprint density at radius 3 is 2.58 bits per heavy atom. The lowest BCUT2D eigenvalue weighted by Gasteiger charge is -2.26. The zero-order valence-corrected chi connectivity index (χ0v) is 12.6. The molecule has 0 fully saturated rings. The van der Waals surface area contributed by atoms with Crippen LogP contribution in [-0.2, 0) is 4.74 Å². The van der Waals surface area contributed by atoms with Gasteiger partial charge in [0.25, 0.3) is 0 Å². The molecule has 0 aliphatic carbocycles. The monoisotopic (exact) mass is 265 g/mol. The third-order valence-electron chi connectivity index (χ3n) is 3.11. The smallest absolute Gasteiger partial charge is 0.0637 e. The van der Waals surface area contributed by atoms with Crippen LogP contribution >= 0.6 is 0 Å². The van der Waals surface area contributed by atoms with Gasteiger partial charge in [0, 0.05) is 26.2 Å². The molecule has 2 N–H and O–H groups in total. The largest absolute Gasteiger partial charge is 0.383 e. The number of anilines is 1. The molecule has 108 valence electrons. The minimum Gasteiger partial charge on any atom is -0.383 e. The maximum atomic E-state index is 5.99. The van der Waals surface area contributed by atoms with E-state index < -0.39 is 0 Å². The van der Waals surface area contributed by atoms with Crippen LogP contribution in [0.15, 0.2) is 18.3 Å². The molecule has 0 spiro atoms. The normalized spacial score (nSPS) is 12.7. The molecule has 0 radical (unpaired) electrons. The van der Waals surface area contributed by atoms with Gasteiger partial charge in [0.05, 0.1) is 24.2 Å². The van der Waals surface area contributed by atoms with Crippen molar-refractivity contribution in [2.45, 2.75) is 33.2 Å². The molecule has 0 amide bonds. The van der Waals surface area contributed by atoms with Crippen molar-refractivity contribution in [2.24, 2.45) is 11.7 Å². The molecule has 1 rings (SSSR count). The molecule has 0 aromatic carbocycles. The topological polar surface area (TPSA) is 51.4 Å². The van der Waals surface area contributed by atoms with E-state index in [2.05, 4.69) is 36.7 Å². The summed E-state index contributed by atoms with van der Waals surface area (Å²) in [7, 11) is 1.73. The molecule has 4 nitrogen and oxygen atoms in total. The molecule has 19 heavy (non-hydrogen) atoms. The summed E-state index contributed by atoms with van der Waals surface area (Å²) < 4.78 is 5.17. The van der Waals surface area contributed by atoms with E-state index in [-0.39, 0.29) is 6.04 Å². The molecule has 0 aliphatic rings. The second-order valence-electron chi connectivity index (χ2n) is 5.29. The second-order valence-corrected chi connectivity index (χ2v) is 5.29. The van der Waals surface area contributed by atoms with Crippen molar-refractivity contribution < 1.29 is 4.74 Å². The maximum absolute atomic E-state index is 5.99. The summed E-state index contributed by atoms with van der Waals surface area (Å²) in [4.78, 5) is 6.79. The summed E-state index contributed by atoms with van der Waals surface area (Å²) >= 11 is 0. The Bertz CT molecular complexity index is 351. The quantitative estimate of drug-likeness (QED) is 0.785. The van der Waals surface area contributed by atoms with Crippen LogP contribution in [0, 0.1) is 5.92 Å². The summed E-state index contributed by atoms with van der Waals surface area (Å²) in [5, 5.41) is 0. The van der Waals surface area contributed by atoms with Crippen LogP contribution in [0.4, 0.5) is 5.69 Å². The molecule has 0 bridgehead atoms. The fourth-order valence-electron chi connectivity index (χ4n) is 1.98. The van der Waals surface area contributed by atoms with E-state index in [1.807, 2.05) is 12.3 Å². The number of ether oxygens (including phenoxy) is 1. The Morgan fingerprint density at radius 1 is 1.37 bits per heavy atom. The summed E-state index contributed by atoms with van der Waals surface area (Å²) in [6.07, 6.45) is 2.83. The summed E-state index contributed by atoms with van der Waals surface area (Å²) in [5.74, 6) is 0.606. The third-order valence-corrected chi connectivity index (χ3v) is 3.11. The first-order chi connectivity index (χ1) is 9.08. The number of nitrogens with two attached hydrogens (primary N) is 1. The standard InChI is InChI=1S/C15H27N3O/c1-5-14(16)15-7-6-13(10-17-15)18(8-9-19-4)11-12(2)3/h6-7,10,12,14H,5,8-9,11,16H2,1-4H3. The van der Waals surface area contributed by atoms with Gasteiger partial charge in [-0.15, -0.1) is 0 Å². The van der Waals surface area contributed by atoms with Crippen molar-refractivity contribution in [2.75, 3.05) is 31.7 Å². The van der Waals surface area contributed by atoms with Crippen LogP contribution < -0.4 is 10.6 Å². The van der Waals surface area contributed by atoms with Crippen molar-refractivity contribution >= 4 is 5.69 Å². The van der Waals surface area contributed by atoms with Crippen molar-refractivity contribution in [1.82, 2.24) is 4.98 Å². The van der Waals surface area contributed by atoms with Gasteiger partial charge >= 0.3 is 0 Å². The molecule has 4 heteroatoms. The first kappa shape index (κ1) is 15.9. The van der Waals surface area contributed by atoms with Crippen molar-refractivity contribution in [3.63, 3.8) is 0 Å². The van der Waals surface area contributed by atoms with Crippen LogP contribution in [0.3, 0.4) is 0 Å². The number of hydrogen-bond acceptors (Lipinski definition) is 4. The molecule has 0 saturated heterocycles. The SMILES string of the molecule is CCC(N)c1ccc(N(CCOC)CC(C)C)cn1. The summed E-state index contributed by atoms with van der Waals surface area (Å²) in [5.41, 5.74) is 8.08. The van der Waals surface area contributed by atoms with Gasteiger partial charge in [-0.25, -0.2) is 0 Å². The van der Waals surface area contributed by atoms with Crippen LogP contribution in [0.2, 0.25) is 0 Å². The zero-order chi connectivity index (χ0) is 14.3. The second kappa shape index (κ2) is 8.12. The van der Waals surface area contributed by atoms with Gasteiger partial charge in [-0.2, -0.15) is 0 Å². The molecular formula is C15H27N3O. The average molecular weight is 265 g/mol. The third kappa shape index (κ3) is 5.17. The van der Waals surface area contributed by atoms with Crippen LogP contribution in [0.1, 0.15) is 38.9 Å². The highest BCUT2D eigenvalue weighted by atomic mass is 16.5. The van der Waals surface area contributed by atoms with E-state index in [0.29, 0.717) is 5.92 Å². The van der Waals surface area contributed by atoms with Crippen LogP contribution in [-0.4, -0.2) is 31.8 Å². The van der Waals surface area contributed by atoms with E-state index in [0.717, 1.165) is 37.5 Å². The Labute approximate surface area is 117 Å². The molecule has 0 aliphatic heterocycles. The van der Waals surface area contributed by atoms with Gasteiger partial charge in [0.15, 0.2) is 0 Å². The van der Waals surface area contributed by atoms with Gasteiger partial charge in [-0.05, 0) is 24.5 Å². The highest BCUT2D eigenvalue weighted by molar-refractivity contribution is 5.44. The van der Waals surface area contributed by atoms with E-state index >= 15 is 0 Å². The molecule has 1 aromatic heterocycles. The first-order valence-corrected chi connectivity index (χ1v) is 7.03. The van der Waals surface area contributed by atoms with E-state index in [9.17, 15) is 0 Å². The Hall–Kier alpha value is -1.13. The first-order valence-electron chi connectivity index (χ1n) is 7.03. The lowest BCUT2D eigenvalue weighted by molar-refractivity contribution is 0.204. The number of methoxy groups -OCH3 is 1. The van der Waals surface area contributed by atoms with Crippen LogP contribution in [0.25, 0.3) is 0 Å². The van der Waals surface area contributed by atoms with Crippen molar-refractivity contribution in [3.8, 4) is 0 Å². The fraction of sp³-hybridized carbons (Fsp3) is 0.667. The van der Waals surface area contributed by atoms with E-state index in [4.69, 9.17) is 10.5 Å². The number of aromatic nitrogens is 1. The molecule has 1 aromatic rings. The number of hydrogen-bond donors (Lipinski definition) is 1. The lowest BCUT2D eigenvalue weighted by atomic mass is 10.1. The lowest BCUT2D eigenvalue weighted by Crippen LogP contribution is -2.31. The van der Waals surface area contributed by atoms with Crippen LogP contribution in [0.5, 0.6) is 0 Å². The van der Waals surface area contributed by atoms with Crippen molar-refractivity contribution in [3.05, 3.63) is 24.0 Å². The predicted octanol–water partition coefficient (Wildman–Crippen LogP) is 2.60. The predicted molar refractivity (Wildman–Crippen MR) is 80.4 cm³/mol. The highest BCUT2D eigenvalue weighted by Gasteiger charge is 2.10. The fourth-order valence-corrected chi connectivity index (χ4v) is 1.98. The Morgan fingerprint density at radius 2 is 2.11 bits per heavy atom. The van der Waals surface area contributed by atoms with Gasteiger partial charge in [-0.1, -0.05) is 20.8 Å². The van der Waals surface area contributed by atoms with Gasteiger partial charge < -0.3 is 15.4 Å². The molecule has 1 atom stereocenters. The van der Waals surface area contributed by atoms with E-state index in [1.54, 1.807) is 7.11 Å². The van der Waals surface area contributed by atoms with Gasteiger partial charge in [-0.3, -0.25) is 4.98 Å². The maximum Gasteiger partial charge on any atom is 0.0637 e. The Kier molecular flexibility index (Phi) is 6.81. The average Bonchev–Trinajstić information content (AvgIpc) is 2.42. The van der Waals surface area contributed by atoms with Gasteiger partial charge in [0.2, 0.25) is 0 Å². The van der Waals surface area contributed by atoms with Gasteiger partial charge in [0.1, 0.15) is 0 Å². The molecular weight excluding hydrogens is 238 g/mol. The minimum absolute atomic E-state index is 0.0339. The van der Waals surface area contributed by atoms with Crippen molar-refractivity contribution in [1.29, 1.82) is 0 Å². The van der Waals surface area contributed by atoms with E-state index in [1.165, 1.54) is 0 Å². The highest BCUT2D eigenvalue weighted by Crippen LogP contribution is 2.18. The number of pyridine rings is 1. The zero-order valence-electron chi connectivity index (χ0n) is 12.6. The summed E-state index contributed by atoms with van der Waals surface area (Å²) in [6.45, 7) is 9.12. The minimum atomic E-state index is 0.0339. The molecule has 1 heterocycles. The Balaban J connectivity index is 2.77. The number of rotatable bonds is 8. The molecule has 1 unspecified atom stereocenters. The number of nitrogens with zero attached hydrogens (tertiary/aromatic N) is 2.